The molecule has 0 aromatic rings. The van der Waals surface area contributed by atoms with Crippen molar-refractivity contribution in [2.45, 2.75) is 168 Å². The van der Waals surface area contributed by atoms with Crippen molar-refractivity contribution in [2.75, 3.05) is 0 Å². The van der Waals surface area contributed by atoms with Gasteiger partial charge in [-0.3, -0.25) is 10.1 Å². The standard InChI is InChI=1S/C27H56N2O2.2ClH.H3N/c1-4-6-7-8-9-10-11-12-13-14-15-16-17-18-19-20-21-22-23-24-27(31)29-26(5-2)28-25(3)30;;;/h25-26,28,30H,4-24H2,1-3H3,(H,29,31);2*1H;1H3. The summed E-state index contributed by atoms with van der Waals surface area (Å²) in [4.78, 5) is 11.9. The van der Waals surface area contributed by atoms with Crippen LogP contribution in [0.5, 0.6) is 0 Å². The summed E-state index contributed by atoms with van der Waals surface area (Å²) in [6.07, 6.45) is 26.6. The van der Waals surface area contributed by atoms with Crippen LogP contribution in [0.1, 0.15) is 156 Å². The Bertz CT molecular complexity index is 389. The number of nitrogens with one attached hydrogen (secondary N) is 2. The van der Waals surface area contributed by atoms with Crippen molar-refractivity contribution in [2.24, 2.45) is 0 Å². The molecule has 2 unspecified atom stereocenters. The Balaban J connectivity index is -0.00000150. The highest BCUT2D eigenvalue weighted by atomic mass is 35.5. The minimum atomic E-state index is -0.597. The Morgan fingerprint density at radius 3 is 1.26 bits per heavy atom. The Kier molecular flexibility index (Phi) is 39.8. The second-order valence-electron chi connectivity index (χ2n) is 9.48. The molecule has 0 saturated carbocycles. The topological polar surface area (TPSA) is 96.4 Å². The second kappa shape index (κ2) is 32.9. The summed E-state index contributed by atoms with van der Waals surface area (Å²) in [6, 6.07) is 0. The molecule has 0 bridgehead atoms. The summed E-state index contributed by atoms with van der Waals surface area (Å²) in [5, 5.41) is 15.2. The molecule has 0 heterocycles. The van der Waals surface area contributed by atoms with Gasteiger partial charge in [0.1, 0.15) is 6.23 Å². The average molecular weight is 531 g/mol. The minimum absolute atomic E-state index is 0. The Morgan fingerprint density at radius 2 is 0.971 bits per heavy atom. The summed E-state index contributed by atoms with van der Waals surface area (Å²) >= 11 is 0. The van der Waals surface area contributed by atoms with Crippen molar-refractivity contribution in [3.8, 4) is 0 Å². The number of carbonyl (C=O) groups excluding carboxylic acids is 1. The fourth-order valence-electron chi connectivity index (χ4n) is 4.18. The molecule has 210 valence electrons. The fourth-order valence-corrected chi connectivity index (χ4v) is 4.18. The first-order valence-corrected chi connectivity index (χ1v) is 13.8. The lowest BCUT2D eigenvalue weighted by atomic mass is 10.0. The first-order valence-electron chi connectivity index (χ1n) is 13.8. The summed E-state index contributed by atoms with van der Waals surface area (Å²) < 4.78 is 0. The van der Waals surface area contributed by atoms with E-state index in [4.69, 9.17) is 0 Å². The third-order valence-corrected chi connectivity index (χ3v) is 6.19. The molecule has 0 radical (unpaired) electrons. The molecule has 0 aromatic carbocycles. The van der Waals surface area contributed by atoms with Gasteiger partial charge in [0, 0.05) is 6.42 Å². The van der Waals surface area contributed by atoms with Crippen molar-refractivity contribution >= 4 is 30.7 Å². The predicted octanol–water partition coefficient (Wildman–Crippen LogP) is 8.59. The molecule has 0 aliphatic heterocycles. The maximum Gasteiger partial charge on any atom is 0.221 e. The Labute approximate surface area is 225 Å². The van der Waals surface area contributed by atoms with E-state index in [-0.39, 0.29) is 43.0 Å². The first kappa shape index (κ1) is 41.1. The van der Waals surface area contributed by atoms with Gasteiger partial charge in [-0.25, -0.2) is 0 Å². The van der Waals surface area contributed by atoms with Gasteiger partial charge >= 0.3 is 0 Å². The average Bonchev–Trinajstić information content (AvgIpc) is 2.74. The van der Waals surface area contributed by atoms with Crippen LogP contribution in [0.15, 0.2) is 0 Å². The van der Waals surface area contributed by atoms with Crippen LogP contribution >= 0.6 is 24.8 Å². The van der Waals surface area contributed by atoms with E-state index < -0.39 is 6.23 Å². The number of aliphatic hydroxyl groups is 1. The molecule has 0 spiro atoms. The molecule has 5 nitrogen and oxygen atoms in total. The molecule has 0 fully saturated rings. The van der Waals surface area contributed by atoms with Gasteiger partial charge in [0.25, 0.3) is 0 Å². The number of amides is 1. The molecular weight excluding hydrogens is 469 g/mol. The van der Waals surface area contributed by atoms with E-state index in [9.17, 15) is 9.90 Å². The van der Waals surface area contributed by atoms with Gasteiger partial charge < -0.3 is 16.6 Å². The SMILES string of the molecule is CCCCCCCCCCCCCCCCCCCCCC(=O)NC(CC)NC(C)O.Cl.Cl.N. The zero-order chi connectivity index (χ0) is 23.0. The largest absolute Gasteiger partial charge is 0.379 e. The van der Waals surface area contributed by atoms with Gasteiger partial charge in [-0.15, -0.1) is 24.8 Å². The monoisotopic (exact) mass is 529 g/mol. The van der Waals surface area contributed by atoms with Crippen LogP contribution in [0.25, 0.3) is 0 Å². The van der Waals surface area contributed by atoms with E-state index in [1.54, 1.807) is 6.92 Å². The van der Waals surface area contributed by atoms with Crippen LogP contribution in [-0.2, 0) is 4.79 Å². The Hall–Kier alpha value is -0.0700. The molecule has 0 saturated heterocycles. The lowest BCUT2D eigenvalue weighted by Crippen LogP contribution is -2.48. The number of unbranched alkanes of at least 4 members (excludes halogenated alkanes) is 18. The molecule has 0 aliphatic rings. The lowest BCUT2D eigenvalue weighted by Gasteiger charge is -2.20. The normalized spacial score (nSPS) is 12.1. The zero-order valence-electron chi connectivity index (χ0n) is 22.9. The molecule has 0 rings (SSSR count). The van der Waals surface area contributed by atoms with Gasteiger partial charge in [0.05, 0.1) is 6.17 Å². The van der Waals surface area contributed by atoms with E-state index in [1.165, 1.54) is 109 Å². The molecule has 0 aromatic heterocycles. The molecule has 2 atom stereocenters. The van der Waals surface area contributed by atoms with Gasteiger partial charge in [0.2, 0.25) is 5.91 Å². The molecular formula is C27H61Cl2N3O2. The highest BCUT2D eigenvalue weighted by Crippen LogP contribution is 2.14. The van der Waals surface area contributed by atoms with Crippen LogP contribution < -0.4 is 16.8 Å². The number of hydrogen-bond donors (Lipinski definition) is 4. The summed E-state index contributed by atoms with van der Waals surface area (Å²) in [7, 11) is 0. The van der Waals surface area contributed by atoms with Crippen LogP contribution in [0.3, 0.4) is 0 Å². The van der Waals surface area contributed by atoms with Crippen molar-refractivity contribution in [1.82, 2.24) is 16.8 Å². The maximum atomic E-state index is 11.9. The number of halogens is 2. The maximum absolute atomic E-state index is 11.9. The number of aliphatic hydroxyl groups excluding tert-OH is 1. The van der Waals surface area contributed by atoms with Crippen LogP contribution in [0, 0.1) is 0 Å². The van der Waals surface area contributed by atoms with Crippen LogP contribution in [0.4, 0.5) is 0 Å². The number of hydrogen-bond acceptors (Lipinski definition) is 4. The van der Waals surface area contributed by atoms with E-state index in [0.717, 1.165) is 19.3 Å². The quantitative estimate of drug-likeness (QED) is 0.0742. The molecule has 6 N–H and O–H groups in total. The predicted molar refractivity (Wildman–Crippen MR) is 155 cm³/mol. The van der Waals surface area contributed by atoms with Crippen molar-refractivity contribution in [1.29, 1.82) is 0 Å². The third kappa shape index (κ3) is 31.9. The van der Waals surface area contributed by atoms with E-state index in [0.29, 0.717) is 6.42 Å². The fraction of sp³-hybridized carbons (Fsp3) is 0.963. The van der Waals surface area contributed by atoms with Crippen molar-refractivity contribution < 1.29 is 9.90 Å². The van der Waals surface area contributed by atoms with Gasteiger partial charge in [-0.05, 0) is 19.8 Å². The third-order valence-electron chi connectivity index (χ3n) is 6.19. The molecule has 7 heteroatoms. The molecule has 0 aliphatic carbocycles. The van der Waals surface area contributed by atoms with Gasteiger partial charge in [-0.1, -0.05) is 129 Å². The smallest absolute Gasteiger partial charge is 0.221 e. The van der Waals surface area contributed by atoms with E-state index >= 15 is 0 Å². The van der Waals surface area contributed by atoms with Crippen LogP contribution in [0.2, 0.25) is 0 Å². The highest BCUT2D eigenvalue weighted by molar-refractivity contribution is 5.85. The summed E-state index contributed by atoms with van der Waals surface area (Å²) in [5.41, 5.74) is 0. The van der Waals surface area contributed by atoms with Crippen molar-refractivity contribution in [3.63, 3.8) is 0 Å². The van der Waals surface area contributed by atoms with E-state index in [1.807, 2.05) is 6.92 Å². The summed E-state index contributed by atoms with van der Waals surface area (Å²) in [5.74, 6) is 0.0898. The van der Waals surface area contributed by atoms with E-state index in [2.05, 4.69) is 17.6 Å². The Morgan fingerprint density at radius 1 is 0.647 bits per heavy atom. The molecule has 1 amide bonds. The first-order chi connectivity index (χ1) is 15.1. The molecule has 34 heavy (non-hydrogen) atoms. The van der Waals surface area contributed by atoms with Gasteiger partial charge in [-0.2, -0.15) is 0 Å². The summed E-state index contributed by atoms with van der Waals surface area (Å²) in [6.45, 7) is 5.96. The zero-order valence-corrected chi connectivity index (χ0v) is 24.5. The lowest BCUT2D eigenvalue weighted by molar-refractivity contribution is -0.122. The number of rotatable bonds is 24. The van der Waals surface area contributed by atoms with Gasteiger partial charge in [0.15, 0.2) is 0 Å². The minimum Gasteiger partial charge on any atom is -0.379 e. The highest BCUT2D eigenvalue weighted by Gasteiger charge is 2.11. The second-order valence-corrected chi connectivity index (χ2v) is 9.48. The van der Waals surface area contributed by atoms with Crippen LogP contribution in [-0.4, -0.2) is 23.4 Å². The number of carbonyl (C=O) groups is 1. The van der Waals surface area contributed by atoms with Crippen molar-refractivity contribution in [3.05, 3.63) is 0 Å².